The number of anilines is 2. The van der Waals surface area contributed by atoms with Crippen LogP contribution in [0.5, 0.6) is 0 Å². The molecule has 0 unspecified atom stereocenters. The van der Waals surface area contributed by atoms with Gasteiger partial charge >= 0.3 is 0 Å². The SMILES string of the molecule is CN(C(=O)c1cccc(NC2=C(Cl)C(=O)N(C3CCCCC3)C2=O)c1)c1ccccc1. The van der Waals surface area contributed by atoms with Crippen LogP contribution in [-0.4, -0.2) is 35.7 Å². The second kappa shape index (κ2) is 8.94. The number of para-hydroxylation sites is 1. The molecule has 0 aromatic heterocycles. The van der Waals surface area contributed by atoms with Crippen LogP contribution in [0.3, 0.4) is 0 Å². The monoisotopic (exact) mass is 437 g/mol. The Bertz CT molecular complexity index is 1050. The fraction of sp³-hybridized carbons (Fsp3) is 0.292. The number of imide groups is 1. The molecule has 0 saturated heterocycles. The molecule has 0 atom stereocenters. The molecule has 0 spiro atoms. The fourth-order valence-corrected chi connectivity index (χ4v) is 4.35. The number of hydrogen-bond acceptors (Lipinski definition) is 4. The first-order valence-electron chi connectivity index (χ1n) is 10.4. The van der Waals surface area contributed by atoms with E-state index in [9.17, 15) is 14.4 Å². The Hall–Kier alpha value is -3.12. The first-order valence-corrected chi connectivity index (χ1v) is 10.8. The van der Waals surface area contributed by atoms with Crippen molar-refractivity contribution >= 4 is 40.7 Å². The van der Waals surface area contributed by atoms with Gasteiger partial charge < -0.3 is 10.2 Å². The summed E-state index contributed by atoms with van der Waals surface area (Å²) in [6.07, 6.45) is 4.75. The molecular weight excluding hydrogens is 414 g/mol. The van der Waals surface area contributed by atoms with Crippen LogP contribution in [-0.2, 0) is 9.59 Å². The number of carbonyl (C=O) groups excluding carboxylic acids is 3. The highest BCUT2D eigenvalue weighted by atomic mass is 35.5. The Morgan fingerprint density at radius 1 is 1.00 bits per heavy atom. The minimum absolute atomic E-state index is 0.0678. The maximum absolute atomic E-state index is 13.0. The van der Waals surface area contributed by atoms with Gasteiger partial charge in [-0.15, -0.1) is 0 Å². The fourth-order valence-electron chi connectivity index (χ4n) is 4.14. The zero-order valence-corrected chi connectivity index (χ0v) is 18.1. The van der Waals surface area contributed by atoms with Crippen LogP contribution in [0.4, 0.5) is 11.4 Å². The van der Waals surface area contributed by atoms with Crippen LogP contribution in [0.25, 0.3) is 0 Å². The lowest BCUT2D eigenvalue weighted by Gasteiger charge is -2.29. The number of amides is 3. The summed E-state index contributed by atoms with van der Waals surface area (Å²) in [5.41, 5.74) is 1.82. The van der Waals surface area contributed by atoms with Crippen molar-refractivity contribution in [3.63, 3.8) is 0 Å². The van der Waals surface area contributed by atoms with E-state index >= 15 is 0 Å². The van der Waals surface area contributed by atoms with E-state index in [0.29, 0.717) is 11.3 Å². The largest absolute Gasteiger partial charge is 0.350 e. The molecule has 3 amide bonds. The lowest BCUT2D eigenvalue weighted by atomic mass is 9.94. The van der Waals surface area contributed by atoms with Crippen LogP contribution in [0.15, 0.2) is 65.3 Å². The highest BCUT2D eigenvalue weighted by molar-refractivity contribution is 6.48. The van der Waals surface area contributed by atoms with Gasteiger partial charge in [-0.3, -0.25) is 19.3 Å². The van der Waals surface area contributed by atoms with Crippen LogP contribution in [0.2, 0.25) is 0 Å². The third-order valence-corrected chi connectivity index (χ3v) is 6.18. The van der Waals surface area contributed by atoms with Gasteiger partial charge in [-0.25, -0.2) is 0 Å². The van der Waals surface area contributed by atoms with E-state index in [-0.39, 0.29) is 22.7 Å². The first kappa shape index (κ1) is 21.1. The molecule has 1 aliphatic carbocycles. The van der Waals surface area contributed by atoms with Gasteiger partial charge in [-0.2, -0.15) is 0 Å². The van der Waals surface area contributed by atoms with Crippen LogP contribution >= 0.6 is 11.6 Å². The van der Waals surface area contributed by atoms with Gasteiger partial charge in [0.1, 0.15) is 10.7 Å². The van der Waals surface area contributed by atoms with Gasteiger partial charge in [0, 0.05) is 30.0 Å². The molecule has 2 aromatic rings. The zero-order chi connectivity index (χ0) is 22.0. The molecule has 1 heterocycles. The number of benzene rings is 2. The highest BCUT2D eigenvalue weighted by Gasteiger charge is 2.42. The topological polar surface area (TPSA) is 69.7 Å². The van der Waals surface area contributed by atoms with Crippen molar-refractivity contribution in [1.82, 2.24) is 4.90 Å². The Kier molecular flexibility index (Phi) is 6.09. The Morgan fingerprint density at radius 2 is 1.71 bits per heavy atom. The van der Waals surface area contributed by atoms with Crippen molar-refractivity contribution < 1.29 is 14.4 Å². The predicted octanol–water partition coefficient (Wildman–Crippen LogP) is 4.53. The summed E-state index contributed by atoms with van der Waals surface area (Å²) in [6, 6.07) is 16.0. The van der Waals surface area contributed by atoms with Crippen LogP contribution < -0.4 is 10.2 Å². The van der Waals surface area contributed by atoms with Gasteiger partial charge in [-0.1, -0.05) is 55.1 Å². The summed E-state index contributed by atoms with van der Waals surface area (Å²) in [4.78, 5) is 41.4. The van der Waals surface area contributed by atoms with Crippen molar-refractivity contribution in [2.24, 2.45) is 0 Å². The van der Waals surface area contributed by atoms with Crippen molar-refractivity contribution in [2.45, 2.75) is 38.1 Å². The smallest absolute Gasteiger partial charge is 0.279 e. The number of halogens is 1. The lowest BCUT2D eigenvalue weighted by molar-refractivity contribution is -0.140. The third kappa shape index (κ3) is 4.21. The third-order valence-electron chi connectivity index (χ3n) is 5.83. The van der Waals surface area contributed by atoms with Gasteiger partial charge in [0.15, 0.2) is 0 Å². The van der Waals surface area contributed by atoms with Gasteiger partial charge in [-0.05, 0) is 43.2 Å². The molecule has 2 aliphatic rings. The van der Waals surface area contributed by atoms with E-state index in [1.165, 1.54) is 4.90 Å². The van der Waals surface area contributed by atoms with Gasteiger partial charge in [0.25, 0.3) is 17.7 Å². The Labute approximate surface area is 186 Å². The maximum Gasteiger partial charge on any atom is 0.279 e. The maximum atomic E-state index is 13.0. The van der Waals surface area contributed by atoms with E-state index in [2.05, 4.69) is 5.32 Å². The number of carbonyl (C=O) groups is 3. The van der Waals surface area contributed by atoms with E-state index < -0.39 is 11.8 Å². The molecule has 0 bridgehead atoms. The van der Waals surface area contributed by atoms with Crippen molar-refractivity contribution in [3.8, 4) is 0 Å². The van der Waals surface area contributed by atoms with E-state index in [1.54, 1.807) is 36.2 Å². The van der Waals surface area contributed by atoms with Gasteiger partial charge in [0.2, 0.25) is 0 Å². The Balaban J connectivity index is 1.53. The molecule has 0 radical (unpaired) electrons. The molecule has 1 fully saturated rings. The zero-order valence-electron chi connectivity index (χ0n) is 17.3. The highest BCUT2D eigenvalue weighted by Crippen LogP contribution is 2.32. The summed E-state index contributed by atoms with van der Waals surface area (Å²) >= 11 is 6.25. The second-order valence-corrected chi connectivity index (χ2v) is 8.24. The number of rotatable bonds is 5. The summed E-state index contributed by atoms with van der Waals surface area (Å²) < 4.78 is 0. The molecule has 6 nitrogen and oxygen atoms in total. The molecule has 160 valence electrons. The van der Waals surface area contributed by atoms with Crippen LogP contribution in [0.1, 0.15) is 42.5 Å². The summed E-state index contributed by atoms with van der Waals surface area (Å²) in [7, 11) is 1.71. The minimum atomic E-state index is -0.447. The quantitative estimate of drug-likeness (QED) is 0.698. The molecular formula is C24H24ClN3O3. The van der Waals surface area contributed by atoms with Crippen molar-refractivity contribution in [1.29, 1.82) is 0 Å². The summed E-state index contributed by atoms with van der Waals surface area (Å²) in [5.74, 6) is -1.04. The van der Waals surface area contributed by atoms with E-state index in [1.807, 2.05) is 30.3 Å². The predicted molar refractivity (Wildman–Crippen MR) is 121 cm³/mol. The van der Waals surface area contributed by atoms with Gasteiger partial charge in [0.05, 0.1) is 0 Å². The van der Waals surface area contributed by atoms with E-state index in [0.717, 1.165) is 37.8 Å². The summed E-state index contributed by atoms with van der Waals surface area (Å²) in [5, 5.41) is 2.88. The molecule has 1 saturated carbocycles. The minimum Gasteiger partial charge on any atom is -0.350 e. The standard InChI is InChI=1S/C24H24ClN3O3/c1-27(18-11-4-2-5-12-18)22(29)16-9-8-10-17(15-16)26-21-20(25)23(30)28(24(21)31)19-13-6-3-7-14-19/h2,4-5,8-12,15,19,26H,3,6-7,13-14H2,1H3. The number of nitrogens with one attached hydrogen (secondary N) is 1. The van der Waals surface area contributed by atoms with Crippen molar-refractivity contribution in [3.05, 3.63) is 70.9 Å². The summed E-state index contributed by atoms with van der Waals surface area (Å²) in [6.45, 7) is 0. The molecule has 7 heteroatoms. The first-order chi connectivity index (χ1) is 15.0. The van der Waals surface area contributed by atoms with Crippen molar-refractivity contribution in [2.75, 3.05) is 17.3 Å². The normalized spacial score (nSPS) is 17.3. The molecule has 31 heavy (non-hydrogen) atoms. The van der Waals surface area contributed by atoms with Crippen LogP contribution in [0, 0.1) is 0 Å². The molecule has 2 aromatic carbocycles. The lowest BCUT2D eigenvalue weighted by Crippen LogP contribution is -2.42. The van der Waals surface area contributed by atoms with E-state index in [4.69, 9.17) is 11.6 Å². The number of hydrogen-bond donors (Lipinski definition) is 1. The Morgan fingerprint density at radius 3 is 2.42 bits per heavy atom. The molecule has 4 rings (SSSR count). The average molecular weight is 438 g/mol. The second-order valence-electron chi connectivity index (χ2n) is 7.87. The molecule has 1 N–H and O–H groups in total. The molecule has 1 aliphatic heterocycles. The number of nitrogens with zero attached hydrogens (tertiary/aromatic N) is 2. The average Bonchev–Trinajstić information content (AvgIpc) is 3.02.